The third kappa shape index (κ3) is 3.12. The molecule has 0 aromatic carbocycles. The van der Waals surface area contributed by atoms with E-state index in [0.29, 0.717) is 11.8 Å². The average molecular weight is 245 g/mol. The maximum Gasteiger partial charge on any atom is 0.226 e. The fourth-order valence-electron chi connectivity index (χ4n) is 1.39. The Kier molecular flexibility index (Phi) is 4.34. The molecule has 4 nitrogen and oxygen atoms in total. The van der Waals surface area contributed by atoms with E-state index in [1.807, 2.05) is 23.5 Å². The molecule has 0 bridgehead atoms. The molecule has 0 radical (unpaired) electrons. The number of hydrogen-bond acceptors (Lipinski definition) is 6. The van der Waals surface area contributed by atoms with E-state index in [4.69, 9.17) is 10.3 Å². The molecule has 2 rings (SSSR count). The summed E-state index contributed by atoms with van der Waals surface area (Å²) in [5.41, 5.74) is 5.43. The van der Waals surface area contributed by atoms with Crippen molar-refractivity contribution in [1.82, 2.24) is 10.1 Å². The third-order valence-electron chi connectivity index (χ3n) is 2.18. The molecule has 0 aliphatic carbocycles. The Morgan fingerprint density at radius 3 is 3.13 bits per heavy atom. The molecule has 1 aromatic rings. The van der Waals surface area contributed by atoms with Gasteiger partial charge < -0.3 is 10.3 Å². The van der Waals surface area contributed by atoms with Gasteiger partial charge in [0.2, 0.25) is 5.89 Å². The first kappa shape index (κ1) is 11.3. The Hall–Kier alpha value is -0.200. The quantitative estimate of drug-likeness (QED) is 0.867. The number of rotatable bonds is 4. The molecule has 0 amide bonds. The molecule has 6 heteroatoms. The zero-order chi connectivity index (χ0) is 10.5. The van der Waals surface area contributed by atoms with E-state index in [1.165, 1.54) is 11.5 Å². The average Bonchev–Trinajstić information content (AvgIpc) is 2.76. The Balaban J connectivity index is 1.93. The molecule has 1 unspecified atom stereocenters. The van der Waals surface area contributed by atoms with E-state index in [0.717, 1.165) is 30.3 Å². The highest BCUT2D eigenvalue weighted by molar-refractivity contribution is 8.06. The zero-order valence-corrected chi connectivity index (χ0v) is 10.1. The lowest BCUT2D eigenvalue weighted by atomic mass is 10.3. The normalized spacial score (nSPS) is 21.8. The van der Waals surface area contributed by atoms with Gasteiger partial charge in [-0.3, -0.25) is 0 Å². The summed E-state index contributed by atoms with van der Waals surface area (Å²) >= 11 is 3.89. The van der Waals surface area contributed by atoms with Gasteiger partial charge in [0, 0.05) is 23.7 Å². The van der Waals surface area contributed by atoms with E-state index >= 15 is 0 Å². The molecule has 0 spiro atoms. The van der Waals surface area contributed by atoms with Gasteiger partial charge in [0.15, 0.2) is 5.82 Å². The van der Waals surface area contributed by atoms with Gasteiger partial charge in [-0.2, -0.15) is 16.7 Å². The largest absolute Gasteiger partial charge is 0.339 e. The van der Waals surface area contributed by atoms with Crippen molar-refractivity contribution in [3.8, 4) is 0 Å². The van der Waals surface area contributed by atoms with Crippen molar-refractivity contribution >= 4 is 23.5 Å². The van der Waals surface area contributed by atoms with Gasteiger partial charge in [-0.05, 0) is 13.0 Å². The summed E-state index contributed by atoms with van der Waals surface area (Å²) in [6, 6.07) is 0. The predicted molar refractivity (Wildman–Crippen MR) is 64.2 cm³/mol. The lowest BCUT2D eigenvalue weighted by molar-refractivity contribution is 0.371. The van der Waals surface area contributed by atoms with Crippen molar-refractivity contribution in [2.45, 2.75) is 18.1 Å². The maximum absolute atomic E-state index is 5.43. The maximum atomic E-state index is 5.43. The third-order valence-corrected chi connectivity index (χ3v) is 4.93. The summed E-state index contributed by atoms with van der Waals surface area (Å²) in [4.78, 5) is 4.40. The van der Waals surface area contributed by atoms with Crippen LogP contribution in [0.5, 0.6) is 0 Å². The predicted octanol–water partition coefficient (Wildman–Crippen LogP) is 1.48. The molecular weight excluding hydrogens is 230 g/mol. The van der Waals surface area contributed by atoms with E-state index in [2.05, 4.69) is 10.1 Å². The molecule has 1 aromatic heterocycles. The minimum Gasteiger partial charge on any atom is -0.339 e. The minimum atomic E-state index is 0.416. The van der Waals surface area contributed by atoms with Crippen LogP contribution in [0.2, 0.25) is 0 Å². The van der Waals surface area contributed by atoms with Crippen LogP contribution in [0.15, 0.2) is 4.52 Å². The van der Waals surface area contributed by atoms with Gasteiger partial charge in [-0.25, -0.2) is 0 Å². The number of hydrogen-bond donors (Lipinski definition) is 1. The second-order valence-corrected chi connectivity index (χ2v) is 5.83. The van der Waals surface area contributed by atoms with Gasteiger partial charge in [-0.1, -0.05) is 5.16 Å². The van der Waals surface area contributed by atoms with Crippen molar-refractivity contribution in [2.24, 2.45) is 5.73 Å². The molecule has 0 saturated carbocycles. The number of thioether (sulfide) groups is 2. The van der Waals surface area contributed by atoms with Crippen LogP contribution in [0.1, 0.15) is 23.4 Å². The van der Waals surface area contributed by atoms with E-state index in [-0.39, 0.29) is 0 Å². The smallest absolute Gasteiger partial charge is 0.226 e. The summed E-state index contributed by atoms with van der Waals surface area (Å²) in [7, 11) is 0. The summed E-state index contributed by atoms with van der Waals surface area (Å²) in [5, 5.41) is 4.45. The minimum absolute atomic E-state index is 0.416. The number of aryl methyl sites for hydroxylation is 1. The topological polar surface area (TPSA) is 64.9 Å². The first-order valence-electron chi connectivity index (χ1n) is 5.12. The highest BCUT2D eigenvalue weighted by Gasteiger charge is 2.21. The van der Waals surface area contributed by atoms with Crippen molar-refractivity contribution in [3.05, 3.63) is 11.7 Å². The molecule has 1 fully saturated rings. The molecule has 1 saturated heterocycles. The summed E-state index contributed by atoms with van der Waals surface area (Å²) < 4.78 is 5.18. The molecule has 2 N–H and O–H groups in total. The van der Waals surface area contributed by atoms with Crippen molar-refractivity contribution in [2.75, 3.05) is 23.8 Å². The Bertz CT molecular complexity index is 299. The number of aromatic nitrogens is 2. The fourth-order valence-corrected chi connectivity index (χ4v) is 3.98. The lowest BCUT2D eigenvalue weighted by Crippen LogP contribution is -2.08. The summed E-state index contributed by atoms with van der Waals surface area (Å²) in [5.74, 6) is 5.10. The first-order valence-corrected chi connectivity index (χ1v) is 7.32. The Morgan fingerprint density at radius 1 is 1.47 bits per heavy atom. The van der Waals surface area contributed by atoms with Crippen LogP contribution in [0.3, 0.4) is 0 Å². The standard InChI is InChI=1S/C9H15N3OS2/c10-3-1-2-8-11-9(12-13-8)7-6-14-4-5-15-7/h7H,1-6,10H2. The zero-order valence-electron chi connectivity index (χ0n) is 8.52. The van der Waals surface area contributed by atoms with Crippen LogP contribution in [0, 0.1) is 0 Å². The van der Waals surface area contributed by atoms with Gasteiger partial charge in [0.1, 0.15) is 0 Å². The molecule has 1 atom stereocenters. The molecule has 84 valence electrons. The van der Waals surface area contributed by atoms with E-state index in [1.54, 1.807) is 0 Å². The van der Waals surface area contributed by atoms with Gasteiger partial charge in [-0.15, -0.1) is 11.8 Å². The highest BCUT2D eigenvalue weighted by atomic mass is 32.2. The molecular formula is C9H15N3OS2. The van der Waals surface area contributed by atoms with Crippen molar-refractivity contribution in [1.29, 1.82) is 0 Å². The Morgan fingerprint density at radius 2 is 2.40 bits per heavy atom. The monoisotopic (exact) mass is 245 g/mol. The van der Waals surface area contributed by atoms with Crippen molar-refractivity contribution < 1.29 is 4.52 Å². The van der Waals surface area contributed by atoms with Crippen LogP contribution in [0.4, 0.5) is 0 Å². The summed E-state index contributed by atoms with van der Waals surface area (Å²) in [6.07, 6.45) is 1.71. The molecule has 2 heterocycles. The van der Waals surface area contributed by atoms with Crippen LogP contribution in [0.25, 0.3) is 0 Å². The van der Waals surface area contributed by atoms with E-state index in [9.17, 15) is 0 Å². The number of nitrogens with zero attached hydrogens (tertiary/aromatic N) is 2. The van der Waals surface area contributed by atoms with Crippen molar-refractivity contribution in [3.63, 3.8) is 0 Å². The van der Waals surface area contributed by atoms with Crippen LogP contribution < -0.4 is 5.73 Å². The fraction of sp³-hybridized carbons (Fsp3) is 0.778. The highest BCUT2D eigenvalue weighted by Crippen LogP contribution is 2.35. The van der Waals surface area contributed by atoms with Gasteiger partial charge >= 0.3 is 0 Å². The van der Waals surface area contributed by atoms with Crippen LogP contribution >= 0.6 is 23.5 Å². The molecule has 1 aliphatic heterocycles. The lowest BCUT2D eigenvalue weighted by Gasteiger charge is -2.16. The summed E-state index contributed by atoms with van der Waals surface area (Å²) in [6.45, 7) is 0.672. The molecule has 15 heavy (non-hydrogen) atoms. The Labute approximate surface area is 97.8 Å². The van der Waals surface area contributed by atoms with Crippen LogP contribution in [-0.2, 0) is 6.42 Å². The van der Waals surface area contributed by atoms with Gasteiger partial charge in [0.05, 0.1) is 5.25 Å². The van der Waals surface area contributed by atoms with Gasteiger partial charge in [0.25, 0.3) is 0 Å². The van der Waals surface area contributed by atoms with E-state index < -0.39 is 0 Å². The second kappa shape index (κ2) is 5.77. The second-order valence-electron chi connectivity index (χ2n) is 3.37. The number of nitrogens with two attached hydrogens (primary N) is 1. The SMILES string of the molecule is NCCCc1nc(C2CSCCS2)no1. The molecule has 1 aliphatic rings. The van der Waals surface area contributed by atoms with Crippen LogP contribution in [-0.4, -0.2) is 33.9 Å². The first-order chi connectivity index (χ1) is 7.40.